The molecular formula is C22H28N2O. The molecule has 2 aromatic rings. The van der Waals surface area contributed by atoms with Gasteiger partial charge in [0, 0.05) is 17.8 Å². The quantitative estimate of drug-likeness (QED) is 0.832. The van der Waals surface area contributed by atoms with Crippen molar-refractivity contribution in [1.29, 1.82) is 0 Å². The van der Waals surface area contributed by atoms with E-state index < -0.39 is 0 Å². The van der Waals surface area contributed by atoms with Gasteiger partial charge in [-0.25, -0.2) is 0 Å². The third kappa shape index (κ3) is 4.29. The van der Waals surface area contributed by atoms with E-state index in [-0.39, 0.29) is 5.91 Å². The van der Waals surface area contributed by atoms with Gasteiger partial charge in [0.2, 0.25) is 0 Å². The molecule has 3 heteroatoms. The van der Waals surface area contributed by atoms with Crippen molar-refractivity contribution in [3.8, 4) is 0 Å². The number of anilines is 1. The molecule has 0 saturated carbocycles. The summed E-state index contributed by atoms with van der Waals surface area (Å²) in [7, 11) is 0. The summed E-state index contributed by atoms with van der Waals surface area (Å²) in [5.41, 5.74) is 5.37. The lowest BCUT2D eigenvalue weighted by Gasteiger charge is -2.16. The van der Waals surface area contributed by atoms with Crippen molar-refractivity contribution in [3.05, 3.63) is 64.7 Å². The Morgan fingerprint density at radius 2 is 1.56 bits per heavy atom. The van der Waals surface area contributed by atoms with Crippen LogP contribution in [0.1, 0.15) is 53.7 Å². The minimum absolute atomic E-state index is 0.0247. The Labute approximate surface area is 151 Å². The van der Waals surface area contributed by atoms with E-state index in [0.717, 1.165) is 30.6 Å². The van der Waals surface area contributed by atoms with Crippen LogP contribution in [0.4, 0.5) is 5.69 Å². The third-order valence-electron chi connectivity index (χ3n) is 5.06. The monoisotopic (exact) mass is 336 g/mol. The van der Waals surface area contributed by atoms with Gasteiger partial charge in [-0.2, -0.15) is 0 Å². The van der Waals surface area contributed by atoms with Crippen LogP contribution >= 0.6 is 0 Å². The van der Waals surface area contributed by atoms with Crippen molar-refractivity contribution in [1.82, 2.24) is 4.90 Å². The number of rotatable bonds is 6. The van der Waals surface area contributed by atoms with E-state index in [9.17, 15) is 4.79 Å². The molecule has 1 saturated heterocycles. The smallest absolute Gasteiger partial charge is 0.255 e. The predicted octanol–water partition coefficient (Wildman–Crippen LogP) is 4.66. The molecule has 25 heavy (non-hydrogen) atoms. The molecule has 1 aliphatic rings. The Morgan fingerprint density at radius 1 is 0.960 bits per heavy atom. The molecule has 1 N–H and O–H groups in total. The number of aryl methyl sites for hydroxylation is 2. The summed E-state index contributed by atoms with van der Waals surface area (Å²) in [6.45, 7) is 7.61. The number of hydrogen-bond donors (Lipinski definition) is 1. The molecule has 0 bridgehead atoms. The number of carbonyl (C=O) groups is 1. The van der Waals surface area contributed by atoms with Gasteiger partial charge >= 0.3 is 0 Å². The number of carbonyl (C=O) groups excluding carboxylic acids is 1. The zero-order chi connectivity index (χ0) is 17.6. The maximum atomic E-state index is 12.7. The predicted molar refractivity (Wildman–Crippen MR) is 104 cm³/mol. The Morgan fingerprint density at radius 3 is 2.12 bits per heavy atom. The Balaban J connectivity index is 1.71. The van der Waals surface area contributed by atoms with Crippen LogP contribution in [-0.4, -0.2) is 23.9 Å². The second kappa shape index (κ2) is 8.30. The molecule has 0 aromatic heterocycles. The Bertz CT molecular complexity index is 693. The maximum Gasteiger partial charge on any atom is 0.255 e. The van der Waals surface area contributed by atoms with Crippen LogP contribution in [0.15, 0.2) is 42.5 Å². The minimum atomic E-state index is -0.0247. The fraction of sp³-hybridized carbons (Fsp3) is 0.409. The molecule has 1 heterocycles. The number of nitrogens with zero attached hydrogens (tertiary/aromatic N) is 1. The molecule has 0 unspecified atom stereocenters. The Hall–Kier alpha value is -2.13. The van der Waals surface area contributed by atoms with Gasteiger partial charge in [-0.05, 0) is 67.6 Å². The number of benzene rings is 2. The summed E-state index contributed by atoms with van der Waals surface area (Å²) in [4.78, 5) is 15.2. The molecule has 1 aliphatic heterocycles. The van der Waals surface area contributed by atoms with Gasteiger partial charge in [0.25, 0.3) is 5.91 Å². The van der Waals surface area contributed by atoms with Gasteiger partial charge in [-0.3, -0.25) is 9.69 Å². The maximum absolute atomic E-state index is 12.7. The molecule has 0 radical (unpaired) electrons. The van der Waals surface area contributed by atoms with Gasteiger partial charge in [0.15, 0.2) is 0 Å². The van der Waals surface area contributed by atoms with E-state index >= 15 is 0 Å². The first kappa shape index (κ1) is 17.7. The van der Waals surface area contributed by atoms with Crippen LogP contribution in [0.5, 0.6) is 0 Å². The first-order valence-corrected chi connectivity index (χ1v) is 9.44. The standard InChI is InChI=1S/C22H28N2O/c1-3-18-8-7-9-19(4-2)21(18)23-22(25)20-12-10-17(11-13-20)16-24-14-5-6-15-24/h7-13H,3-6,14-16H2,1-2H3,(H,23,25). The molecule has 2 aromatic carbocycles. The van der Waals surface area contributed by atoms with Gasteiger partial charge in [-0.15, -0.1) is 0 Å². The first-order valence-electron chi connectivity index (χ1n) is 9.44. The molecule has 0 atom stereocenters. The normalized spacial score (nSPS) is 14.6. The average molecular weight is 336 g/mol. The summed E-state index contributed by atoms with van der Waals surface area (Å²) in [5, 5.41) is 3.14. The summed E-state index contributed by atoms with van der Waals surface area (Å²) >= 11 is 0. The molecule has 1 amide bonds. The van der Waals surface area contributed by atoms with E-state index in [1.807, 2.05) is 12.1 Å². The first-order chi connectivity index (χ1) is 12.2. The van der Waals surface area contributed by atoms with Crippen LogP contribution in [0.3, 0.4) is 0 Å². The number of hydrogen-bond acceptors (Lipinski definition) is 2. The van der Waals surface area contributed by atoms with Crippen LogP contribution in [0.25, 0.3) is 0 Å². The topological polar surface area (TPSA) is 32.3 Å². The zero-order valence-electron chi connectivity index (χ0n) is 15.3. The SMILES string of the molecule is CCc1cccc(CC)c1NC(=O)c1ccc(CN2CCCC2)cc1. The summed E-state index contributed by atoms with van der Waals surface area (Å²) in [6.07, 6.45) is 4.44. The van der Waals surface area contributed by atoms with E-state index in [1.54, 1.807) is 0 Å². The molecular weight excluding hydrogens is 308 g/mol. The summed E-state index contributed by atoms with van der Waals surface area (Å²) in [6, 6.07) is 14.3. The van der Waals surface area contributed by atoms with Crippen molar-refractivity contribution in [3.63, 3.8) is 0 Å². The zero-order valence-corrected chi connectivity index (χ0v) is 15.3. The molecule has 132 valence electrons. The molecule has 0 spiro atoms. The molecule has 1 fully saturated rings. The van der Waals surface area contributed by atoms with Crippen molar-refractivity contribution < 1.29 is 4.79 Å². The number of para-hydroxylation sites is 1. The van der Waals surface area contributed by atoms with E-state index in [2.05, 4.69) is 54.4 Å². The van der Waals surface area contributed by atoms with Crippen molar-refractivity contribution in [2.45, 2.75) is 46.1 Å². The van der Waals surface area contributed by atoms with Crippen molar-refractivity contribution in [2.24, 2.45) is 0 Å². The average Bonchev–Trinajstić information content (AvgIpc) is 3.15. The number of nitrogens with one attached hydrogen (secondary N) is 1. The highest BCUT2D eigenvalue weighted by Gasteiger charge is 2.14. The van der Waals surface area contributed by atoms with Crippen LogP contribution in [0.2, 0.25) is 0 Å². The third-order valence-corrected chi connectivity index (χ3v) is 5.06. The largest absolute Gasteiger partial charge is 0.321 e. The second-order valence-corrected chi connectivity index (χ2v) is 6.79. The van der Waals surface area contributed by atoms with Crippen LogP contribution in [-0.2, 0) is 19.4 Å². The van der Waals surface area contributed by atoms with Gasteiger partial charge in [0.1, 0.15) is 0 Å². The molecule has 0 aliphatic carbocycles. The molecule has 3 rings (SSSR count). The number of likely N-dealkylation sites (tertiary alicyclic amines) is 1. The summed E-state index contributed by atoms with van der Waals surface area (Å²) < 4.78 is 0. The van der Waals surface area contributed by atoms with E-state index in [1.165, 1.54) is 42.6 Å². The second-order valence-electron chi connectivity index (χ2n) is 6.79. The Kier molecular flexibility index (Phi) is 5.87. The molecule has 3 nitrogen and oxygen atoms in total. The minimum Gasteiger partial charge on any atom is -0.321 e. The van der Waals surface area contributed by atoms with E-state index in [0.29, 0.717) is 0 Å². The fourth-order valence-corrected chi connectivity index (χ4v) is 3.55. The number of amides is 1. The highest BCUT2D eigenvalue weighted by molar-refractivity contribution is 6.05. The van der Waals surface area contributed by atoms with Gasteiger partial charge < -0.3 is 5.32 Å². The summed E-state index contributed by atoms with van der Waals surface area (Å²) in [5.74, 6) is -0.0247. The van der Waals surface area contributed by atoms with Crippen LogP contribution < -0.4 is 5.32 Å². The lowest BCUT2D eigenvalue weighted by molar-refractivity contribution is 0.102. The van der Waals surface area contributed by atoms with Crippen molar-refractivity contribution >= 4 is 11.6 Å². The lowest BCUT2D eigenvalue weighted by atomic mass is 10.0. The lowest BCUT2D eigenvalue weighted by Crippen LogP contribution is -2.18. The van der Waals surface area contributed by atoms with Gasteiger partial charge in [-0.1, -0.05) is 44.2 Å². The van der Waals surface area contributed by atoms with Gasteiger partial charge in [0.05, 0.1) is 0 Å². The van der Waals surface area contributed by atoms with Crippen LogP contribution in [0, 0.1) is 0 Å². The fourth-order valence-electron chi connectivity index (χ4n) is 3.55. The highest BCUT2D eigenvalue weighted by atomic mass is 16.1. The highest BCUT2D eigenvalue weighted by Crippen LogP contribution is 2.23. The van der Waals surface area contributed by atoms with E-state index in [4.69, 9.17) is 0 Å². The van der Waals surface area contributed by atoms with Crippen molar-refractivity contribution in [2.75, 3.05) is 18.4 Å².